The number of hydrogen-bond donors (Lipinski definition) is 1. The van der Waals surface area contributed by atoms with Crippen molar-refractivity contribution in [2.75, 3.05) is 6.54 Å². The highest BCUT2D eigenvalue weighted by Gasteiger charge is 2.38. The summed E-state index contributed by atoms with van der Waals surface area (Å²) in [5.74, 6) is 0.902. The molecular weight excluding hydrogens is 285 g/mol. The minimum absolute atomic E-state index is 0.263. The molecule has 1 fully saturated rings. The van der Waals surface area contributed by atoms with Gasteiger partial charge < -0.3 is 10.6 Å². The molecule has 1 saturated carbocycles. The van der Waals surface area contributed by atoms with Crippen molar-refractivity contribution in [3.05, 3.63) is 33.8 Å². The van der Waals surface area contributed by atoms with Gasteiger partial charge in [0.05, 0.1) is 10.0 Å². The molecule has 1 heterocycles. The maximum absolute atomic E-state index is 11.9. The normalized spacial score (nSPS) is 22.8. The molecule has 2 N–H and O–H groups in total. The Bertz CT molecular complexity index is 569. The summed E-state index contributed by atoms with van der Waals surface area (Å²) in [4.78, 5) is 17.5. The zero-order chi connectivity index (χ0) is 13.6. The number of halogens is 2. The van der Waals surface area contributed by atoms with E-state index in [4.69, 9.17) is 28.9 Å². The lowest BCUT2D eigenvalue weighted by Gasteiger charge is -2.24. The number of carbonyl (C=O) groups excluding carboxylic acids is 1. The molecular formula is C13H13Cl2N3O. The molecule has 1 atom stereocenters. The smallest absolute Gasteiger partial charge is 0.346 e. The van der Waals surface area contributed by atoms with Crippen molar-refractivity contribution in [3.63, 3.8) is 0 Å². The number of carbonyl (C=O) groups is 1. The molecule has 2 amide bonds. The minimum Gasteiger partial charge on any atom is -0.385 e. The molecule has 0 saturated heterocycles. The van der Waals surface area contributed by atoms with Crippen LogP contribution in [-0.2, 0) is 0 Å². The number of amides is 2. The Balaban J connectivity index is 1.92. The fraction of sp³-hybridized carbons (Fsp3) is 0.385. The number of nitrogens with zero attached hydrogens (tertiary/aromatic N) is 2. The molecule has 6 heteroatoms. The maximum Gasteiger partial charge on any atom is 0.346 e. The third-order valence-electron chi connectivity index (χ3n) is 3.47. The first kappa shape index (κ1) is 12.8. The van der Waals surface area contributed by atoms with Gasteiger partial charge in [-0.25, -0.2) is 4.79 Å². The highest BCUT2D eigenvalue weighted by molar-refractivity contribution is 6.42. The number of benzene rings is 1. The first-order valence-electron chi connectivity index (χ1n) is 6.16. The molecule has 19 heavy (non-hydrogen) atoms. The van der Waals surface area contributed by atoms with Crippen molar-refractivity contribution in [1.82, 2.24) is 4.90 Å². The predicted octanol–water partition coefficient (Wildman–Crippen LogP) is 3.24. The average molecular weight is 298 g/mol. The van der Waals surface area contributed by atoms with Crippen molar-refractivity contribution < 1.29 is 4.79 Å². The Kier molecular flexibility index (Phi) is 3.15. The van der Waals surface area contributed by atoms with Crippen molar-refractivity contribution >= 4 is 35.1 Å². The quantitative estimate of drug-likeness (QED) is 0.931. The van der Waals surface area contributed by atoms with E-state index < -0.39 is 0 Å². The van der Waals surface area contributed by atoms with E-state index in [1.54, 1.807) is 17.0 Å². The summed E-state index contributed by atoms with van der Waals surface area (Å²) in [5, 5.41) is 0.941. The van der Waals surface area contributed by atoms with Crippen LogP contribution in [0.15, 0.2) is 23.2 Å². The lowest BCUT2D eigenvalue weighted by molar-refractivity contribution is 0.204. The second kappa shape index (κ2) is 4.69. The Labute approximate surface area is 121 Å². The molecule has 2 aliphatic rings. The van der Waals surface area contributed by atoms with Crippen molar-refractivity contribution in [3.8, 4) is 0 Å². The van der Waals surface area contributed by atoms with Crippen LogP contribution < -0.4 is 5.73 Å². The molecule has 0 spiro atoms. The van der Waals surface area contributed by atoms with E-state index in [0.717, 1.165) is 18.4 Å². The van der Waals surface area contributed by atoms with Crippen molar-refractivity contribution in [2.24, 2.45) is 16.6 Å². The van der Waals surface area contributed by atoms with Gasteiger partial charge in [-0.2, -0.15) is 4.99 Å². The second-order valence-corrected chi connectivity index (χ2v) is 5.81. The van der Waals surface area contributed by atoms with Gasteiger partial charge in [0.2, 0.25) is 0 Å². The van der Waals surface area contributed by atoms with Crippen molar-refractivity contribution in [1.29, 1.82) is 0 Å². The zero-order valence-electron chi connectivity index (χ0n) is 10.1. The standard InChI is InChI=1S/C13H13Cl2N3O/c14-9-4-3-8(5-10(9)15)11-12(16)17-13(19)18(11)6-7-1-2-7/h3-5,7,11H,1-2,6H2,(H2,16,17,19). The lowest BCUT2D eigenvalue weighted by Crippen LogP contribution is -2.34. The molecule has 1 aliphatic heterocycles. The first-order valence-corrected chi connectivity index (χ1v) is 6.91. The Morgan fingerprint density at radius 1 is 1.32 bits per heavy atom. The van der Waals surface area contributed by atoms with E-state index in [0.29, 0.717) is 28.3 Å². The molecule has 100 valence electrons. The minimum atomic E-state index is -0.317. The molecule has 0 aromatic heterocycles. The van der Waals surface area contributed by atoms with Crippen LogP contribution >= 0.6 is 23.2 Å². The monoisotopic (exact) mass is 297 g/mol. The van der Waals surface area contributed by atoms with E-state index in [-0.39, 0.29) is 12.1 Å². The summed E-state index contributed by atoms with van der Waals surface area (Å²) in [7, 11) is 0. The van der Waals surface area contributed by atoms with E-state index in [2.05, 4.69) is 4.99 Å². The van der Waals surface area contributed by atoms with Crippen LogP contribution in [0.2, 0.25) is 10.0 Å². The number of urea groups is 1. The fourth-order valence-corrected chi connectivity index (χ4v) is 2.61. The average Bonchev–Trinajstić information content (AvgIpc) is 3.11. The van der Waals surface area contributed by atoms with Gasteiger partial charge in [-0.05, 0) is 36.5 Å². The lowest BCUT2D eigenvalue weighted by atomic mass is 10.1. The molecule has 1 unspecified atom stereocenters. The molecule has 4 nitrogen and oxygen atoms in total. The van der Waals surface area contributed by atoms with Gasteiger partial charge in [0.25, 0.3) is 0 Å². The highest BCUT2D eigenvalue weighted by Crippen LogP contribution is 2.36. The van der Waals surface area contributed by atoms with Crippen LogP contribution in [-0.4, -0.2) is 23.3 Å². The van der Waals surface area contributed by atoms with Crippen LogP contribution in [0.5, 0.6) is 0 Å². The molecule has 0 radical (unpaired) electrons. The summed E-state index contributed by atoms with van der Waals surface area (Å²) in [6.45, 7) is 0.702. The van der Waals surface area contributed by atoms with Crippen LogP contribution in [0.4, 0.5) is 4.79 Å². The summed E-state index contributed by atoms with van der Waals surface area (Å²) in [6.07, 6.45) is 2.33. The van der Waals surface area contributed by atoms with Crippen LogP contribution in [0.3, 0.4) is 0 Å². The number of rotatable bonds is 3. The van der Waals surface area contributed by atoms with Gasteiger partial charge in [0, 0.05) is 6.54 Å². The second-order valence-electron chi connectivity index (χ2n) is 4.99. The third-order valence-corrected chi connectivity index (χ3v) is 4.21. The molecule has 1 aliphatic carbocycles. The van der Waals surface area contributed by atoms with Gasteiger partial charge in [0.1, 0.15) is 11.9 Å². The van der Waals surface area contributed by atoms with Crippen LogP contribution in [0.25, 0.3) is 0 Å². The van der Waals surface area contributed by atoms with Gasteiger partial charge in [-0.1, -0.05) is 29.3 Å². The summed E-state index contributed by atoms with van der Waals surface area (Å²) < 4.78 is 0. The van der Waals surface area contributed by atoms with E-state index in [9.17, 15) is 4.79 Å². The third kappa shape index (κ3) is 2.42. The maximum atomic E-state index is 11.9. The Morgan fingerprint density at radius 2 is 2.05 bits per heavy atom. The number of nitrogens with two attached hydrogens (primary N) is 1. The van der Waals surface area contributed by atoms with E-state index in [1.807, 2.05) is 6.07 Å². The Hall–Kier alpha value is -1.26. The largest absolute Gasteiger partial charge is 0.385 e. The predicted molar refractivity (Wildman–Crippen MR) is 75.7 cm³/mol. The molecule has 3 rings (SSSR count). The van der Waals surface area contributed by atoms with Crippen LogP contribution in [0, 0.1) is 5.92 Å². The number of aliphatic imine (C=N–C) groups is 1. The van der Waals surface area contributed by atoms with Gasteiger partial charge in [-0.3, -0.25) is 0 Å². The summed E-state index contributed by atoms with van der Waals surface area (Å²) in [6, 6.07) is 4.71. The van der Waals surface area contributed by atoms with Crippen molar-refractivity contribution in [2.45, 2.75) is 18.9 Å². The van der Waals surface area contributed by atoms with Gasteiger partial charge in [0.15, 0.2) is 0 Å². The number of amidine groups is 1. The van der Waals surface area contributed by atoms with E-state index >= 15 is 0 Å². The zero-order valence-corrected chi connectivity index (χ0v) is 11.7. The summed E-state index contributed by atoms with van der Waals surface area (Å²) in [5.41, 5.74) is 6.74. The highest BCUT2D eigenvalue weighted by atomic mass is 35.5. The summed E-state index contributed by atoms with van der Waals surface area (Å²) >= 11 is 11.9. The molecule has 1 aromatic rings. The fourth-order valence-electron chi connectivity index (χ4n) is 2.30. The van der Waals surface area contributed by atoms with Crippen LogP contribution in [0.1, 0.15) is 24.4 Å². The first-order chi connectivity index (χ1) is 9.06. The molecule has 0 bridgehead atoms. The van der Waals surface area contributed by atoms with E-state index in [1.165, 1.54) is 0 Å². The van der Waals surface area contributed by atoms with Gasteiger partial charge >= 0.3 is 6.03 Å². The SMILES string of the molecule is NC1=NC(=O)N(CC2CC2)C1c1ccc(Cl)c(Cl)c1. The number of hydrogen-bond acceptors (Lipinski definition) is 2. The topological polar surface area (TPSA) is 58.7 Å². The van der Waals surface area contributed by atoms with Gasteiger partial charge in [-0.15, -0.1) is 0 Å². The molecule has 1 aromatic carbocycles. The Morgan fingerprint density at radius 3 is 2.68 bits per heavy atom.